The fourth-order valence-corrected chi connectivity index (χ4v) is 5.82. The molecule has 272 valence electrons. The van der Waals surface area contributed by atoms with Gasteiger partial charge in [0.05, 0.1) is 12.7 Å². The molecule has 0 spiro atoms. The first-order valence-corrected chi connectivity index (χ1v) is 16.6. The number of carboxylic acid groups (broad SMARTS) is 1. The van der Waals surface area contributed by atoms with Crippen LogP contribution in [0.2, 0.25) is 0 Å². The lowest BCUT2D eigenvalue weighted by atomic mass is 9.97. The number of hydrogen-bond donors (Lipinski definition) is 1. The highest BCUT2D eigenvalue weighted by atomic mass is 19.4. The van der Waals surface area contributed by atoms with Gasteiger partial charge in [0.1, 0.15) is 18.1 Å². The Kier molecular flexibility index (Phi) is 11.8. The summed E-state index contributed by atoms with van der Waals surface area (Å²) in [5.41, 5.74) is 4.49. The smallest absolute Gasteiger partial charge is 0.416 e. The quantitative estimate of drug-likeness (QED) is 0.132. The number of rotatable bonds is 13. The molecule has 0 aromatic heterocycles. The van der Waals surface area contributed by atoms with Gasteiger partial charge < -0.3 is 19.6 Å². The van der Waals surface area contributed by atoms with Gasteiger partial charge in [-0.25, -0.2) is 0 Å². The summed E-state index contributed by atoms with van der Waals surface area (Å²) in [4.78, 5) is 53.8. The van der Waals surface area contributed by atoms with E-state index in [2.05, 4.69) is 0 Å². The summed E-state index contributed by atoms with van der Waals surface area (Å²) in [7, 11) is 2.93. The van der Waals surface area contributed by atoms with E-state index in [0.29, 0.717) is 22.4 Å². The van der Waals surface area contributed by atoms with Crippen LogP contribution in [-0.4, -0.2) is 54.3 Å². The summed E-state index contributed by atoms with van der Waals surface area (Å²) in [5, 5.41) is 9.54. The summed E-state index contributed by atoms with van der Waals surface area (Å²) in [6.07, 6.45) is -5.29. The van der Waals surface area contributed by atoms with Gasteiger partial charge in [0, 0.05) is 43.2 Å². The van der Waals surface area contributed by atoms with Gasteiger partial charge >= 0.3 is 12.1 Å². The lowest BCUT2D eigenvalue weighted by Gasteiger charge is -2.22. The Morgan fingerprint density at radius 2 is 1.25 bits per heavy atom. The molecule has 11 heteroatoms. The molecule has 1 N–H and O–H groups in total. The van der Waals surface area contributed by atoms with Gasteiger partial charge in [0.15, 0.2) is 0 Å². The molecule has 8 nitrogen and oxygen atoms in total. The van der Waals surface area contributed by atoms with E-state index in [-0.39, 0.29) is 35.7 Å². The summed E-state index contributed by atoms with van der Waals surface area (Å²) in [6, 6.07) is 31.7. The summed E-state index contributed by atoms with van der Waals surface area (Å²) >= 11 is 0. The number of Topliss-reactive ketones (excluding diaryl/α,β-unsaturated/α-hetero) is 1. The third kappa shape index (κ3) is 9.76. The van der Waals surface area contributed by atoms with Crippen LogP contribution < -0.4 is 9.64 Å². The maximum absolute atomic E-state index is 13.6. The van der Waals surface area contributed by atoms with Gasteiger partial charge in [0.25, 0.3) is 11.8 Å². The minimum atomic E-state index is -4.67. The Morgan fingerprint density at radius 1 is 0.698 bits per heavy atom. The molecule has 0 fully saturated rings. The van der Waals surface area contributed by atoms with Crippen LogP contribution in [0.4, 0.5) is 18.9 Å². The molecule has 53 heavy (non-hydrogen) atoms. The highest BCUT2D eigenvalue weighted by Gasteiger charge is 2.34. The molecular formula is C42H37F3N2O6. The molecule has 0 saturated heterocycles. The molecule has 0 aliphatic rings. The summed E-state index contributed by atoms with van der Waals surface area (Å²) < 4.78 is 45.7. The van der Waals surface area contributed by atoms with E-state index in [1.807, 2.05) is 55.5 Å². The largest absolute Gasteiger partial charge is 0.497 e. The number of ether oxygens (including phenoxy) is 1. The third-order valence-electron chi connectivity index (χ3n) is 8.74. The average Bonchev–Trinajstić information content (AvgIpc) is 3.14. The minimum absolute atomic E-state index is 0.0256. The number of methoxy groups -OCH3 is 1. The SMILES string of the molecule is COc1ccc(CC(=O)Cc2ccc(C(=O)N(CC(=O)O)Cc3ccc(C(=O)N(C)c4ccc(-c5ccc(C)cc5)cc4)cc3)cc2)c(C(F)(F)F)c1. The topological polar surface area (TPSA) is 104 Å². The van der Waals surface area contributed by atoms with Crippen molar-refractivity contribution in [2.45, 2.75) is 32.5 Å². The molecule has 0 radical (unpaired) electrons. The van der Waals surface area contributed by atoms with Crippen molar-refractivity contribution in [2.24, 2.45) is 0 Å². The number of aryl methyl sites for hydroxylation is 1. The number of aliphatic carboxylic acids is 1. The molecule has 2 amide bonds. The predicted molar refractivity (Wildman–Crippen MR) is 195 cm³/mol. The molecular weight excluding hydrogens is 685 g/mol. The first kappa shape index (κ1) is 38.0. The van der Waals surface area contributed by atoms with Crippen molar-refractivity contribution in [3.63, 3.8) is 0 Å². The van der Waals surface area contributed by atoms with E-state index in [9.17, 15) is 37.5 Å². The monoisotopic (exact) mass is 722 g/mol. The van der Waals surface area contributed by atoms with E-state index in [1.54, 1.807) is 31.3 Å². The number of carbonyl (C=O) groups excluding carboxylic acids is 3. The molecule has 0 atom stereocenters. The second-order valence-electron chi connectivity index (χ2n) is 12.6. The predicted octanol–water partition coefficient (Wildman–Crippen LogP) is 8.05. The molecule has 5 rings (SSSR count). The van der Waals surface area contributed by atoms with Crippen molar-refractivity contribution < 1.29 is 42.2 Å². The highest BCUT2D eigenvalue weighted by molar-refractivity contribution is 6.05. The van der Waals surface area contributed by atoms with E-state index >= 15 is 0 Å². The van der Waals surface area contributed by atoms with Gasteiger partial charge in [0.2, 0.25) is 0 Å². The Bertz CT molecular complexity index is 2090. The Hall–Kier alpha value is -6.23. The van der Waals surface area contributed by atoms with Crippen molar-refractivity contribution in [1.82, 2.24) is 4.90 Å². The van der Waals surface area contributed by atoms with E-state index in [1.165, 1.54) is 54.0 Å². The van der Waals surface area contributed by atoms with Crippen LogP contribution in [0.1, 0.15) is 48.5 Å². The second kappa shape index (κ2) is 16.4. The van der Waals surface area contributed by atoms with Crippen LogP contribution >= 0.6 is 0 Å². The standard InChI is InChI=1S/C42H37F3N2O6/c1-27-4-10-30(11-5-27)31-16-19-35(20-17-31)46(2)40(51)32-14-8-29(9-15-32)25-47(26-39(49)50)41(52)33-12-6-28(7-13-33)22-36(48)23-34-18-21-37(53-3)24-38(34)42(43,44)45/h4-21,24H,22-23,25-26H2,1-3H3,(H,49,50). The minimum Gasteiger partial charge on any atom is -0.497 e. The molecule has 0 heterocycles. The number of anilines is 1. The van der Waals surface area contributed by atoms with E-state index in [0.717, 1.165) is 22.1 Å². The van der Waals surface area contributed by atoms with Crippen LogP contribution in [-0.2, 0) is 35.2 Å². The Labute approximate surface area is 305 Å². The van der Waals surface area contributed by atoms with Crippen LogP contribution in [0, 0.1) is 6.92 Å². The van der Waals surface area contributed by atoms with Crippen LogP contribution in [0.3, 0.4) is 0 Å². The highest BCUT2D eigenvalue weighted by Crippen LogP contribution is 2.35. The Morgan fingerprint density at radius 3 is 1.79 bits per heavy atom. The molecule has 0 bridgehead atoms. The number of carbonyl (C=O) groups is 4. The molecule has 0 aliphatic carbocycles. The number of carboxylic acids is 1. The lowest BCUT2D eigenvalue weighted by molar-refractivity contribution is -0.139. The summed E-state index contributed by atoms with van der Waals surface area (Å²) in [5.74, 6) is -2.48. The number of halogens is 3. The second-order valence-corrected chi connectivity index (χ2v) is 12.6. The fraction of sp³-hybridized carbons (Fsp3) is 0.190. The van der Waals surface area contributed by atoms with E-state index < -0.39 is 42.4 Å². The number of nitrogens with zero attached hydrogens (tertiary/aromatic N) is 2. The zero-order valence-electron chi connectivity index (χ0n) is 29.3. The zero-order valence-corrected chi connectivity index (χ0v) is 29.3. The van der Waals surface area contributed by atoms with Crippen LogP contribution in [0.15, 0.2) is 115 Å². The number of benzene rings is 5. The van der Waals surface area contributed by atoms with Gasteiger partial charge in [-0.15, -0.1) is 0 Å². The van der Waals surface area contributed by atoms with Crippen molar-refractivity contribution in [3.8, 4) is 16.9 Å². The molecule has 0 saturated carbocycles. The maximum Gasteiger partial charge on any atom is 0.416 e. The molecule has 5 aromatic carbocycles. The van der Waals surface area contributed by atoms with Crippen molar-refractivity contribution >= 4 is 29.3 Å². The van der Waals surface area contributed by atoms with Crippen molar-refractivity contribution in [2.75, 3.05) is 25.6 Å². The zero-order chi connectivity index (χ0) is 38.3. The van der Waals surface area contributed by atoms with Gasteiger partial charge in [-0.1, -0.05) is 72.3 Å². The van der Waals surface area contributed by atoms with Gasteiger partial charge in [-0.05, 0) is 83.3 Å². The summed E-state index contributed by atoms with van der Waals surface area (Å²) in [6.45, 7) is 1.38. The lowest BCUT2D eigenvalue weighted by Crippen LogP contribution is -2.35. The number of ketones is 1. The van der Waals surface area contributed by atoms with Crippen LogP contribution in [0.5, 0.6) is 5.75 Å². The number of alkyl halides is 3. The maximum atomic E-state index is 13.6. The fourth-order valence-electron chi connectivity index (χ4n) is 5.82. The first-order valence-electron chi connectivity index (χ1n) is 16.6. The average molecular weight is 723 g/mol. The number of amides is 2. The van der Waals surface area contributed by atoms with Crippen molar-refractivity contribution in [1.29, 1.82) is 0 Å². The molecule has 0 aliphatic heterocycles. The Balaban J connectivity index is 1.21. The van der Waals surface area contributed by atoms with Gasteiger partial charge in [-0.3, -0.25) is 19.2 Å². The first-order chi connectivity index (χ1) is 25.2. The van der Waals surface area contributed by atoms with Crippen molar-refractivity contribution in [3.05, 3.63) is 154 Å². The van der Waals surface area contributed by atoms with Gasteiger partial charge in [-0.2, -0.15) is 13.2 Å². The van der Waals surface area contributed by atoms with Crippen LogP contribution in [0.25, 0.3) is 11.1 Å². The molecule has 5 aromatic rings. The number of hydrogen-bond acceptors (Lipinski definition) is 5. The molecule has 0 unspecified atom stereocenters. The normalized spacial score (nSPS) is 11.1. The van der Waals surface area contributed by atoms with E-state index in [4.69, 9.17) is 4.74 Å². The third-order valence-corrected chi connectivity index (χ3v) is 8.74.